The zero-order valence-electron chi connectivity index (χ0n) is 8.10. The SMILES string of the molecule is Cc1ccc(-c2ccccc2)cc1.Cl. The molecule has 0 radical (unpaired) electrons. The lowest BCUT2D eigenvalue weighted by molar-refractivity contribution is 1.47. The van der Waals surface area contributed by atoms with E-state index in [0.29, 0.717) is 0 Å². The summed E-state index contributed by atoms with van der Waals surface area (Å²) in [4.78, 5) is 0. The van der Waals surface area contributed by atoms with Gasteiger partial charge in [-0.15, -0.1) is 12.4 Å². The van der Waals surface area contributed by atoms with Gasteiger partial charge in [0.15, 0.2) is 0 Å². The van der Waals surface area contributed by atoms with Crippen LogP contribution in [0.2, 0.25) is 0 Å². The van der Waals surface area contributed by atoms with Crippen molar-refractivity contribution in [3.8, 4) is 11.1 Å². The van der Waals surface area contributed by atoms with Gasteiger partial charge in [0.25, 0.3) is 0 Å². The van der Waals surface area contributed by atoms with Crippen LogP contribution in [0.4, 0.5) is 0 Å². The zero-order chi connectivity index (χ0) is 9.10. The zero-order valence-corrected chi connectivity index (χ0v) is 8.92. The fourth-order valence-corrected chi connectivity index (χ4v) is 1.38. The molecule has 2 aromatic rings. The number of hydrogen-bond donors (Lipinski definition) is 0. The van der Waals surface area contributed by atoms with E-state index in [0.717, 1.165) is 0 Å². The highest BCUT2D eigenvalue weighted by Gasteiger charge is 1.93. The van der Waals surface area contributed by atoms with Gasteiger partial charge in [0.2, 0.25) is 0 Å². The van der Waals surface area contributed by atoms with Gasteiger partial charge in [0.1, 0.15) is 0 Å². The molecular formula is C13H13Cl. The molecule has 0 aromatic heterocycles. The fraction of sp³-hybridized carbons (Fsp3) is 0.0769. The molecule has 0 saturated heterocycles. The van der Waals surface area contributed by atoms with E-state index in [1.165, 1.54) is 16.7 Å². The molecule has 0 atom stereocenters. The van der Waals surface area contributed by atoms with Crippen LogP contribution in [0.25, 0.3) is 11.1 Å². The first-order valence-corrected chi connectivity index (χ1v) is 4.48. The van der Waals surface area contributed by atoms with Crippen LogP contribution >= 0.6 is 12.4 Å². The van der Waals surface area contributed by atoms with Crippen LogP contribution in [0.1, 0.15) is 5.56 Å². The normalized spacial score (nSPS) is 9.21. The molecule has 0 heterocycles. The van der Waals surface area contributed by atoms with Gasteiger partial charge in [0, 0.05) is 0 Å². The molecule has 0 amide bonds. The van der Waals surface area contributed by atoms with Gasteiger partial charge in [0.05, 0.1) is 0 Å². The first-order chi connectivity index (χ1) is 6.36. The highest BCUT2D eigenvalue weighted by atomic mass is 35.5. The quantitative estimate of drug-likeness (QED) is 0.657. The summed E-state index contributed by atoms with van der Waals surface area (Å²) >= 11 is 0. The van der Waals surface area contributed by atoms with E-state index < -0.39 is 0 Å². The fourth-order valence-electron chi connectivity index (χ4n) is 1.38. The second-order valence-corrected chi connectivity index (χ2v) is 3.23. The molecule has 14 heavy (non-hydrogen) atoms. The number of hydrogen-bond acceptors (Lipinski definition) is 0. The van der Waals surface area contributed by atoms with Gasteiger partial charge in [-0.25, -0.2) is 0 Å². The van der Waals surface area contributed by atoms with Crippen LogP contribution in [0.3, 0.4) is 0 Å². The summed E-state index contributed by atoms with van der Waals surface area (Å²) in [5.74, 6) is 0. The number of aryl methyl sites for hydroxylation is 1. The molecule has 1 heteroatoms. The van der Waals surface area contributed by atoms with Gasteiger partial charge in [-0.2, -0.15) is 0 Å². The highest BCUT2D eigenvalue weighted by molar-refractivity contribution is 5.85. The minimum absolute atomic E-state index is 0. The largest absolute Gasteiger partial charge is 0.147 e. The lowest BCUT2D eigenvalue weighted by Crippen LogP contribution is -1.76. The van der Waals surface area contributed by atoms with Gasteiger partial charge < -0.3 is 0 Å². The summed E-state index contributed by atoms with van der Waals surface area (Å²) in [5, 5.41) is 0. The lowest BCUT2D eigenvalue weighted by atomic mass is 10.0. The monoisotopic (exact) mass is 204 g/mol. The standard InChI is InChI=1S/C13H12.ClH/c1-11-7-9-13(10-8-11)12-5-3-2-4-6-12;/h2-10H,1H3;1H. The Balaban J connectivity index is 0.000000980. The Kier molecular flexibility index (Phi) is 3.73. The molecule has 0 aliphatic rings. The third-order valence-electron chi connectivity index (χ3n) is 2.16. The Morgan fingerprint density at radius 2 is 1.14 bits per heavy atom. The Hall–Kier alpha value is -1.27. The van der Waals surface area contributed by atoms with Crippen molar-refractivity contribution in [1.82, 2.24) is 0 Å². The van der Waals surface area contributed by atoms with Crippen LogP contribution < -0.4 is 0 Å². The van der Waals surface area contributed by atoms with E-state index in [4.69, 9.17) is 0 Å². The van der Waals surface area contributed by atoms with Gasteiger partial charge in [-0.1, -0.05) is 60.2 Å². The molecular weight excluding hydrogens is 192 g/mol. The smallest absolute Gasteiger partial charge is 0.0184 e. The predicted octanol–water partition coefficient (Wildman–Crippen LogP) is 4.08. The molecule has 0 saturated carbocycles. The van der Waals surface area contributed by atoms with Crippen molar-refractivity contribution in [1.29, 1.82) is 0 Å². The Morgan fingerprint density at radius 1 is 0.643 bits per heavy atom. The van der Waals surface area contributed by atoms with Crippen LogP contribution in [0.15, 0.2) is 54.6 Å². The topological polar surface area (TPSA) is 0 Å². The van der Waals surface area contributed by atoms with Crippen LogP contribution in [0.5, 0.6) is 0 Å². The maximum absolute atomic E-state index is 2.16. The summed E-state index contributed by atoms with van der Waals surface area (Å²) in [7, 11) is 0. The predicted molar refractivity (Wildman–Crippen MR) is 63.9 cm³/mol. The summed E-state index contributed by atoms with van der Waals surface area (Å²) in [5.41, 5.74) is 3.87. The molecule has 2 aromatic carbocycles. The van der Waals surface area contributed by atoms with E-state index in [1.807, 2.05) is 6.07 Å². The van der Waals surface area contributed by atoms with Gasteiger partial charge >= 0.3 is 0 Å². The second kappa shape index (κ2) is 4.83. The van der Waals surface area contributed by atoms with Crippen molar-refractivity contribution in [2.45, 2.75) is 6.92 Å². The van der Waals surface area contributed by atoms with E-state index in [1.54, 1.807) is 0 Å². The minimum atomic E-state index is 0. The van der Waals surface area contributed by atoms with E-state index in [-0.39, 0.29) is 12.4 Å². The van der Waals surface area contributed by atoms with E-state index in [9.17, 15) is 0 Å². The van der Waals surface area contributed by atoms with Crippen LogP contribution in [0, 0.1) is 6.92 Å². The molecule has 0 unspecified atom stereocenters. The summed E-state index contributed by atoms with van der Waals surface area (Å²) in [6.45, 7) is 2.11. The first-order valence-electron chi connectivity index (χ1n) is 4.48. The Labute approximate surface area is 91.0 Å². The Morgan fingerprint density at radius 3 is 1.71 bits per heavy atom. The van der Waals surface area contributed by atoms with E-state index >= 15 is 0 Å². The van der Waals surface area contributed by atoms with Crippen LogP contribution in [-0.2, 0) is 0 Å². The maximum Gasteiger partial charge on any atom is -0.0184 e. The first kappa shape index (κ1) is 10.8. The number of rotatable bonds is 1. The third kappa shape index (κ3) is 2.36. The van der Waals surface area contributed by atoms with Crippen molar-refractivity contribution < 1.29 is 0 Å². The molecule has 0 spiro atoms. The minimum Gasteiger partial charge on any atom is -0.147 e. The molecule has 0 aliphatic carbocycles. The average Bonchev–Trinajstić information content (AvgIpc) is 2.20. The van der Waals surface area contributed by atoms with Crippen molar-refractivity contribution in [3.63, 3.8) is 0 Å². The second-order valence-electron chi connectivity index (χ2n) is 3.23. The summed E-state index contributed by atoms with van der Waals surface area (Å²) < 4.78 is 0. The molecule has 0 aliphatic heterocycles. The van der Waals surface area contributed by atoms with Gasteiger partial charge in [-0.3, -0.25) is 0 Å². The number of halogens is 1. The maximum atomic E-state index is 2.16. The van der Waals surface area contributed by atoms with Crippen molar-refractivity contribution in [2.75, 3.05) is 0 Å². The summed E-state index contributed by atoms with van der Waals surface area (Å²) in [6.07, 6.45) is 0. The van der Waals surface area contributed by atoms with Crippen molar-refractivity contribution in [2.24, 2.45) is 0 Å². The third-order valence-corrected chi connectivity index (χ3v) is 2.16. The molecule has 0 N–H and O–H groups in total. The average molecular weight is 205 g/mol. The Bertz CT molecular complexity index is 376. The van der Waals surface area contributed by atoms with Crippen LogP contribution in [-0.4, -0.2) is 0 Å². The highest BCUT2D eigenvalue weighted by Crippen LogP contribution is 2.18. The van der Waals surface area contributed by atoms with E-state index in [2.05, 4.69) is 55.5 Å². The molecule has 0 bridgehead atoms. The number of benzene rings is 2. The van der Waals surface area contributed by atoms with Crippen molar-refractivity contribution >= 4 is 12.4 Å². The molecule has 72 valence electrons. The van der Waals surface area contributed by atoms with Crippen molar-refractivity contribution in [3.05, 3.63) is 60.2 Å². The molecule has 0 fully saturated rings. The lowest BCUT2D eigenvalue weighted by Gasteiger charge is -2.00. The van der Waals surface area contributed by atoms with Gasteiger partial charge in [-0.05, 0) is 18.1 Å². The molecule has 2 rings (SSSR count). The summed E-state index contributed by atoms with van der Waals surface area (Å²) in [6, 6.07) is 19.0. The molecule has 0 nitrogen and oxygen atoms in total.